The van der Waals surface area contributed by atoms with Gasteiger partial charge in [0.25, 0.3) is 0 Å². The van der Waals surface area contributed by atoms with Crippen molar-refractivity contribution in [1.82, 2.24) is 4.98 Å². The highest BCUT2D eigenvalue weighted by atomic mass is 32.1. The summed E-state index contributed by atoms with van der Waals surface area (Å²) < 4.78 is 0. The van der Waals surface area contributed by atoms with E-state index in [0.29, 0.717) is 0 Å². The summed E-state index contributed by atoms with van der Waals surface area (Å²) >= 11 is 1.67. The molecule has 0 saturated carbocycles. The molecule has 0 unspecified atom stereocenters. The average molecular weight is 277 g/mol. The van der Waals surface area contributed by atoms with Crippen molar-refractivity contribution in [2.45, 2.75) is 6.92 Å². The Kier molecular flexibility index (Phi) is 3.75. The summed E-state index contributed by atoms with van der Waals surface area (Å²) in [5, 5.41) is 3.14. The highest BCUT2D eigenvalue weighted by Crippen LogP contribution is 2.23. The first kappa shape index (κ1) is 12.8. The molecule has 0 aliphatic heterocycles. The maximum Gasteiger partial charge on any atom is 0.116 e. The lowest BCUT2D eigenvalue weighted by Gasteiger charge is -1.96. The molecule has 20 heavy (non-hydrogen) atoms. The minimum absolute atomic E-state index is 1.03. The first-order valence-electron chi connectivity index (χ1n) is 6.57. The standard InChI is InChI=1S/C18H15NS/c1-14-7-10-16(11-8-14)17-13-20-18(19-17)12-9-15-5-3-2-4-6-15/h2-13H,1H3/b12-9+. The van der Waals surface area contributed by atoms with Crippen molar-refractivity contribution < 1.29 is 0 Å². The zero-order chi connectivity index (χ0) is 13.8. The van der Waals surface area contributed by atoms with Crippen LogP contribution in [0.2, 0.25) is 0 Å². The van der Waals surface area contributed by atoms with Gasteiger partial charge in [0.05, 0.1) is 5.69 Å². The van der Waals surface area contributed by atoms with Crippen LogP contribution in [-0.2, 0) is 0 Å². The fourth-order valence-corrected chi connectivity index (χ4v) is 2.67. The van der Waals surface area contributed by atoms with Crippen molar-refractivity contribution >= 4 is 23.5 Å². The van der Waals surface area contributed by atoms with E-state index in [1.165, 1.54) is 16.7 Å². The van der Waals surface area contributed by atoms with E-state index >= 15 is 0 Å². The topological polar surface area (TPSA) is 12.9 Å². The molecule has 1 nitrogen and oxygen atoms in total. The molecule has 0 atom stereocenters. The Morgan fingerprint density at radius 1 is 0.900 bits per heavy atom. The number of nitrogens with zero attached hydrogens (tertiary/aromatic N) is 1. The fraction of sp³-hybridized carbons (Fsp3) is 0.0556. The Bertz CT molecular complexity index is 709. The molecule has 0 N–H and O–H groups in total. The zero-order valence-electron chi connectivity index (χ0n) is 11.3. The molecule has 0 spiro atoms. The third-order valence-corrected chi connectivity index (χ3v) is 3.90. The number of aryl methyl sites for hydroxylation is 1. The van der Waals surface area contributed by atoms with E-state index in [-0.39, 0.29) is 0 Å². The van der Waals surface area contributed by atoms with Crippen LogP contribution in [0.1, 0.15) is 16.1 Å². The van der Waals surface area contributed by atoms with E-state index in [1.54, 1.807) is 11.3 Å². The molecule has 0 fully saturated rings. The van der Waals surface area contributed by atoms with Crippen LogP contribution in [0.4, 0.5) is 0 Å². The number of aromatic nitrogens is 1. The molecule has 0 bridgehead atoms. The predicted molar refractivity (Wildman–Crippen MR) is 87.7 cm³/mol. The van der Waals surface area contributed by atoms with Gasteiger partial charge in [0.1, 0.15) is 5.01 Å². The van der Waals surface area contributed by atoms with E-state index in [1.807, 2.05) is 18.2 Å². The highest BCUT2D eigenvalue weighted by molar-refractivity contribution is 7.10. The first-order chi connectivity index (χ1) is 9.81. The zero-order valence-corrected chi connectivity index (χ0v) is 12.1. The van der Waals surface area contributed by atoms with Gasteiger partial charge < -0.3 is 0 Å². The minimum Gasteiger partial charge on any atom is -0.237 e. The van der Waals surface area contributed by atoms with E-state index in [0.717, 1.165) is 10.7 Å². The maximum atomic E-state index is 4.66. The van der Waals surface area contributed by atoms with Crippen LogP contribution >= 0.6 is 11.3 Å². The molecule has 0 aliphatic rings. The summed E-state index contributed by atoms with van der Waals surface area (Å²) in [6.45, 7) is 2.10. The third-order valence-electron chi connectivity index (χ3n) is 3.09. The van der Waals surface area contributed by atoms with Gasteiger partial charge in [0.2, 0.25) is 0 Å². The molecule has 0 radical (unpaired) electrons. The van der Waals surface area contributed by atoms with Gasteiger partial charge in [0, 0.05) is 10.9 Å². The summed E-state index contributed by atoms with van der Waals surface area (Å²) in [6, 6.07) is 18.8. The van der Waals surface area contributed by atoms with Gasteiger partial charge in [-0.05, 0) is 18.6 Å². The van der Waals surface area contributed by atoms with Crippen LogP contribution in [-0.4, -0.2) is 4.98 Å². The molecule has 2 heteroatoms. The van der Waals surface area contributed by atoms with Gasteiger partial charge in [0.15, 0.2) is 0 Å². The van der Waals surface area contributed by atoms with Gasteiger partial charge in [-0.25, -0.2) is 4.98 Å². The fourth-order valence-electron chi connectivity index (χ4n) is 1.95. The van der Waals surface area contributed by atoms with Gasteiger partial charge in [-0.15, -0.1) is 11.3 Å². The van der Waals surface area contributed by atoms with Crippen LogP contribution < -0.4 is 0 Å². The summed E-state index contributed by atoms with van der Waals surface area (Å²) in [5.41, 5.74) is 4.68. The van der Waals surface area contributed by atoms with Crippen LogP contribution in [0, 0.1) is 6.92 Å². The second-order valence-corrected chi connectivity index (χ2v) is 5.57. The molecule has 3 aromatic rings. The lowest BCUT2D eigenvalue weighted by molar-refractivity contribution is 1.37. The Morgan fingerprint density at radius 3 is 2.40 bits per heavy atom. The third kappa shape index (κ3) is 3.03. The normalized spacial score (nSPS) is 11.1. The number of thiazole rings is 1. The second kappa shape index (κ2) is 5.85. The number of hydrogen-bond donors (Lipinski definition) is 0. The van der Waals surface area contributed by atoms with Gasteiger partial charge in [-0.1, -0.05) is 66.2 Å². The van der Waals surface area contributed by atoms with Gasteiger partial charge in [-0.2, -0.15) is 0 Å². The van der Waals surface area contributed by atoms with E-state index < -0.39 is 0 Å². The van der Waals surface area contributed by atoms with Crippen molar-refractivity contribution in [1.29, 1.82) is 0 Å². The Hall–Kier alpha value is -2.19. The smallest absolute Gasteiger partial charge is 0.116 e. The second-order valence-electron chi connectivity index (χ2n) is 4.68. The monoisotopic (exact) mass is 277 g/mol. The average Bonchev–Trinajstić information content (AvgIpc) is 2.96. The van der Waals surface area contributed by atoms with Crippen LogP contribution in [0.25, 0.3) is 23.4 Å². The Labute approximate surface area is 123 Å². The molecule has 0 saturated heterocycles. The highest BCUT2D eigenvalue weighted by Gasteiger charge is 2.02. The van der Waals surface area contributed by atoms with E-state index in [4.69, 9.17) is 0 Å². The van der Waals surface area contributed by atoms with Crippen LogP contribution in [0.5, 0.6) is 0 Å². The van der Waals surface area contributed by atoms with Crippen molar-refractivity contribution in [2.75, 3.05) is 0 Å². The molecule has 98 valence electrons. The number of benzene rings is 2. The van der Waals surface area contributed by atoms with Gasteiger partial charge >= 0.3 is 0 Å². The summed E-state index contributed by atoms with van der Waals surface area (Å²) in [5.74, 6) is 0. The molecule has 0 amide bonds. The number of rotatable bonds is 3. The van der Waals surface area contributed by atoms with Gasteiger partial charge in [-0.3, -0.25) is 0 Å². The van der Waals surface area contributed by atoms with E-state index in [2.05, 4.69) is 65.8 Å². The van der Waals surface area contributed by atoms with E-state index in [9.17, 15) is 0 Å². The molecule has 1 heterocycles. The van der Waals surface area contributed by atoms with Crippen molar-refractivity contribution in [2.24, 2.45) is 0 Å². The quantitative estimate of drug-likeness (QED) is 0.634. The minimum atomic E-state index is 1.03. The lowest BCUT2D eigenvalue weighted by atomic mass is 10.1. The Balaban J connectivity index is 1.80. The maximum absolute atomic E-state index is 4.66. The SMILES string of the molecule is Cc1ccc(-c2csc(/C=C/c3ccccc3)n2)cc1. The first-order valence-corrected chi connectivity index (χ1v) is 7.45. The van der Waals surface area contributed by atoms with Crippen molar-refractivity contribution in [3.8, 4) is 11.3 Å². The molecule has 1 aromatic heterocycles. The van der Waals surface area contributed by atoms with Crippen molar-refractivity contribution in [3.05, 3.63) is 76.1 Å². The molecular weight excluding hydrogens is 262 g/mol. The van der Waals surface area contributed by atoms with Crippen LogP contribution in [0.3, 0.4) is 0 Å². The molecule has 3 rings (SSSR count). The lowest BCUT2D eigenvalue weighted by Crippen LogP contribution is -1.78. The summed E-state index contributed by atoms with van der Waals surface area (Å²) in [6.07, 6.45) is 4.16. The number of hydrogen-bond acceptors (Lipinski definition) is 2. The Morgan fingerprint density at radius 2 is 1.65 bits per heavy atom. The molecule has 2 aromatic carbocycles. The summed E-state index contributed by atoms with van der Waals surface area (Å²) in [4.78, 5) is 4.66. The molecule has 0 aliphatic carbocycles. The largest absolute Gasteiger partial charge is 0.237 e. The predicted octanol–water partition coefficient (Wildman–Crippen LogP) is 5.29. The molecular formula is C18H15NS. The summed E-state index contributed by atoms with van der Waals surface area (Å²) in [7, 11) is 0. The van der Waals surface area contributed by atoms with Crippen LogP contribution in [0.15, 0.2) is 60.0 Å². The van der Waals surface area contributed by atoms with Crippen molar-refractivity contribution in [3.63, 3.8) is 0 Å².